The molecule has 0 saturated heterocycles. The lowest BCUT2D eigenvalue weighted by atomic mass is 10.1. The van der Waals surface area contributed by atoms with E-state index in [-0.39, 0.29) is 18.0 Å². The third-order valence-electron chi connectivity index (χ3n) is 5.39. The Balaban J connectivity index is 1.63. The van der Waals surface area contributed by atoms with Crippen LogP contribution < -0.4 is 15.6 Å². The molecule has 5 aromatic rings. The smallest absolute Gasteiger partial charge is 0.260 e. The topological polar surface area (TPSA) is 77.6 Å². The van der Waals surface area contributed by atoms with Crippen LogP contribution in [0, 0.1) is 0 Å². The van der Waals surface area contributed by atoms with E-state index in [4.69, 9.17) is 21.3 Å². The number of nitrogens with zero attached hydrogens (tertiary/aromatic N) is 3. The summed E-state index contributed by atoms with van der Waals surface area (Å²) in [6, 6.07) is 23.2. The number of aromatic nitrogens is 3. The van der Waals surface area contributed by atoms with Gasteiger partial charge in [-0.2, -0.15) is 0 Å². The fourth-order valence-electron chi connectivity index (χ4n) is 3.83. The van der Waals surface area contributed by atoms with Crippen molar-refractivity contribution in [2.75, 3.05) is 12.4 Å². The van der Waals surface area contributed by atoms with E-state index in [1.165, 1.54) is 10.5 Å². The van der Waals surface area contributed by atoms with Crippen molar-refractivity contribution in [3.63, 3.8) is 0 Å². The number of methoxy groups -OCH3 is 1. The molecule has 33 heavy (non-hydrogen) atoms. The van der Waals surface area contributed by atoms with E-state index in [9.17, 15) is 9.59 Å². The molecule has 0 fully saturated rings. The molecule has 0 aliphatic carbocycles. The summed E-state index contributed by atoms with van der Waals surface area (Å²) < 4.78 is 8.47. The zero-order valence-corrected chi connectivity index (χ0v) is 18.4. The van der Waals surface area contributed by atoms with Gasteiger partial charge >= 0.3 is 0 Å². The van der Waals surface area contributed by atoms with Crippen LogP contribution in [0.25, 0.3) is 28.1 Å². The van der Waals surface area contributed by atoms with Crippen molar-refractivity contribution >= 4 is 40.0 Å². The number of halogens is 1. The van der Waals surface area contributed by atoms with E-state index in [1.807, 2.05) is 48.5 Å². The largest absolute Gasteiger partial charge is 0.497 e. The highest BCUT2D eigenvalue weighted by Gasteiger charge is 2.17. The number of nitrogens with one attached hydrogen (secondary N) is 1. The third kappa shape index (κ3) is 3.83. The van der Waals surface area contributed by atoms with E-state index >= 15 is 0 Å². The molecule has 0 bridgehead atoms. The average Bonchev–Trinajstić information content (AvgIpc) is 3.14. The standard InChI is InChI=1S/C25H19ClN4O3/c1-33-17-12-10-16(11-13-17)20-14-24(32)30-22-9-5-4-8-21(22)29(25(30)28-20)15-23(31)27-19-7-3-2-6-18(19)26/h2-14H,15H2,1H3,(H,27,31). The Morgan fingerprint density at radius 3 is 2.42 bits per heavy atom. The number of hydrogen-bond donors (Lipinski definition) is 1. The molecular formula is C25H19ClN4O3. The van der Waals surface area contributed by atoms with Crippen molar-refractivity contribution in [3.8, 4) is 17.0 Å². The molecule has 2 heterocycles. The van der Waals surface area contributed by atoms with Crippen LogP contribution in [0.3, 0.4) is 0 Å². The van der Waals surface area contributed by atoms with Crippen LogP contribution in [0.15, 0.2) is 83.7 Å². The zero-order chi connectivity index (χ0) is 22.9. The third-order valence-corrected chi connectivity index (χ3v) is 5.72. The van der Waals surface area contributed by atoms with Crippen LogP contribution in [0.4, 0.5) is 5.69 Å². The highest BCUT2D eigenvalue weighted by atomic mass is 35.5. The minimum absolute atomic E-state index is 0.0409. The van der Waals surface area contributed by atoms with Gasteiger partial charge in [0, 0.05) is 11.6 Å². The highest BCUT2D eigenvalue weighted by molar-refractivity contribution is 6.33. The predicted octanol–water partition coefficient (Wildman–Crippen LogP) is 4.62. The van der Waals surface area contributed by atoms with Gasteiger partial charge in [-0.3, -0.25) is 9.59 Å². The minimum atomic E-state index is -0.282. The summed E-state index contributed by atoms with van der Waals surface area (Å²) in [4.78, 5) is 30.8. The Morgan fingerprint density at radius 2 is 1.70 bits per heavy atom. The van der Waals surface area contributed by atoms with Crippen molar-refractivity contribution in [1.82, 2.24) is 14.0 Å². The second-order valence-electron chi connectivity index (χ2n) is 7.45. The first kappa shape index (κ1) is 20.8. The Labute approximate surface area is 193 Å². The number of amides is 1. The normalized spacial score (nSPS) is 11.1. The van der Waals surface area contributed by atoms with Crippen LogP contribution in [0.5, 0.6) is 5.75 Å². The van der Waals surface area contributed by atoms with E-state index < -0.39 is 0 Å². The molecule has 8 heteroatoms. The van der Waals surface area contributed by atoms with Crippen LogP contribution in [0.1, 0.15) is 0 Å². The van der Waals surface area contributed by atoms with Gasteiger partial charge in [0.25, 0.3) is 5.56 Å². The Bertz CT molecular complexity index is 1550. The number of carbonyl (C=O) groups excluding carboxylic acids is 1. The van der Waals surface area contributed by atoms with Crippen LogP contribution in [-0.2, 0) is 11.3 Å². The zero-order valence-electron chi connectivity index (χ0n) is 17.7. The van der Waals surface area contributed by atoms with Gasteiger partial charge in [-0.1, -0.05) is 35.9 Å². The molecule has 0 radical (unpaired) electrons. The maximum atomic E-state index is 13.1. The van der Waals surface area contributed by atoms with Crippen molar-refractivity contribution in [2.24, 2.45) is 0 Å². The van der Waals surface area contributed by atoms with Gasteiger partial charge < -0.3 is 14.6 Å². The molecule has 1 amide bonds. The minimum Gasteiger partial charge on any atom is -0.497 e. The van der Waals surface area contributed by atoms with Crippen LogP contribution >= 0.6 is 11.6 Å². The van der Waals surface area contributed by atoms with Crippen LogP contribution in [0.2, 0.25) is 5.02 Å². The van der Waals surface area contributed by atoms with Gasteiger partial charge in [-0.25, -0.2) is 9.38 Å². The Hall–Kier alpha value is -4.10. The van der Waals surface area contributed by atoms with Gasteiger partial charge in [0.15, 0.2) is 0 Å². The summed E-state index contributed by atoms with van der Waals surface area (Å²) in [5.74, 6) is 0.807. The molecule has 164 valence electrons. The van der Waals surface area contributed by atoms with Gasteiger partial charge in [0.05, 0.1) is 34.5 Å². The summed E-state index contributed by atoms with van der Waals surface area (Å²) in [5, 5.41) is 3.28. The highest BCUT2D eigenvalue weighted by Crippen LogP contribution is 2.24. The maximum absolute atomic E-state index is 13.1. The molecule has 7 nitrogen and oxygen atoms in total. The van der Waals surface area contributed by atoms with Gasteiger partial charge in [0.1, 0.15) is 12.3 Å². The predicted molar refractivity (Wildman–Crippen MR) is 129 cm³/mol. The number of benzene rings is 3. The van der Waals surface area contributed by atoms with Crippen LogP contribution in [-0.4, -0.2) is 27.0 Å². The molecule has 0 spiro atoms. The number of carbonyl (C=O) groups is 1. The van der Waals surface area contributed by atoms with Crippen molar-refractivity contribution in [3.05, 3.63) is 94.2 Å². The second kappa shape index (κ2) is 8.44. The van der Waals surface area contributed by atoms with E-state index in [2.05, 4.69) is 5.32 Å². The molecule has 0 aliphatic rings. The van der Waals surface area contributed by atoms with E-state index in [1.54, 1.807) is 35.9 Å². The summed E-state index contributed by atoms with van der Waals surface area (Å²) in [5.41, 5.74) is 2.98. The summed E-state index contributed by atoms with van der Waals surface area (Å²) >= 11 is 6.18. The molecule has 2 aromatic heterocycles. The average molecular weight is 459 g/mol. The number of anilines is 1. The number of para-hydroxylation sites is 3. The van der Waals surface area contributed by atoms with E-state index in [0.717, 1.165) is 11.1 Å². The van der Waals surface area contributed by atoms with E-state index in [0.29, 0.717) is 33.4 Å². The van der Waals surface area contributed by atoms with Crippen molar-refractivity contribution in [1.29, 1.82) is 0 Å². The monoisotopic (exact) mass is 458 g/mol. The summed E-state index contributed by atoms with van der Waals surface area (Å²) in [6.07, 6.45) is 0. The lowest BCUT2D eigenvalue weighted by molar-refractivity contribution is -0.116. The number of imidazole rings is 1. The van der Waals surface area contributed by atoms with Gasteiger partial charge in [0.2, 0.25) is 11.7 Å². The maximum Gasteiger partial charge on any atom is 0.260 e. The Morgan fingerprint density at radius 1 is 1.00 bits per heavy atom. The van der Waals surface area contributed by atoms with Crippen molar-refractivity contribution in [2.45, 2.75) is 6.54 Å². The van der Waals surface area contributed by atoms with Gasteiger partial charge in [-0.05, 0) is 48.5 Å². The second-order valence-corrected chi connectivity index (χ2v) is 7.85. The first-order chi connectivity index (χ1) is 16.0. The molecule has 5 rings (SSSR count). The molecule has 1 N–H and O–H groups in total. The number of fused-ring (bicyclic) bond motifs is 3. The molecule has 3 aromatic carbocycles. The fraction of sp³-hybridized carbons (Fsp3) is 0.0800. The summed E-state index contributed by atoms with van der Waals surface area (Å²) in [6.45, 7) is -0.0409. The van der Waals surface area contributed by atoms with Crippen molar-refractivity contribution < 1.29 is 9.53 Å². The molecular weight excluding hydrogens is 440 g/mol. The Kier molecular flexibility index (Phi) is 5.32. The summed E-state index contributed by atoms with van der Waals surface area (Å²) in [7, 11) is 1.60. The number of rotatable bonds is 5. The lowest BCUT2D eigenvalue weighted by Gasteiger charge is -2.09. The SMILES string of the molecule is COc1ccc(-c2cc(=O)n3c4ccccc4n(CC(=O)Nc4ccccc4Cl)c3n2)cc1. The number of hydrogen-bond acceptors (Lipinski definition) is 4. The fourth-order valence-corrected chi connectivity index (χ4v) is 4.01. The molecule has 0 saturated carbocycles. The molecule has 0 aliphatic heterocycles. The molecule has 0 unspecified atom stereocenters. The quantitative estimate of drug-likeness (QED) is 0.417. The number of ether oxygens (including phenoxy) is 1. The molecule has 0 atom stereocenters. The lowest BCUT2D eigenvalue weighted by Crippen LogP contribution is -2.20. The first-order valence-corrected chi connectivity index (χ1v) is 10.6. The van der Waals surface area contributed by atoms with Gasteiger partial charge in [-0.15, -0.1) is 0 Å². The first-order valence-electron chi connectivity index (χ1n) is 10.2.